The van der Waals surface area contributed by atoms with Crippen molar-refractivity contribution in [2.45, 2.75) is 34.0 Å². The van der Waals surface area contributed by atoms with Gasteiger partial charge in [-0.15, -0.1) is 0 Å². The summed E-state index contributed by atoms with van der Waals surface area (Å²) in [5.74, 6) is 0. The lowest BCUT2D eigenvalue weighted by Crippen LogP contribution is -2.12. The molecule has 0 fully saturated rings. The van der Waals surface area contributed by atoms with Crippen LogP contribution in [0.25, 0.3) is 0 Å². The number of rotatable bonds is 5. The minimum atomic E-state index is -0.247. The van der Waals surface area contributed by atoms with Gasteiger partial charge in [0.15, 0.2) is 6.29 Å². The van der Waals surface area contributed by atoms with Crippen LogP contribution in [-0.2, 0) is 9.47 Å². The minimum Gasteiger partial charge on any atom is -0.349 e. The number of ether oxygens (including phenoxy) is 2. The van der Waals surface area contributed by atoms with Crippen molar-refractivity contribution in [3.63, 3.8) is 0 Å². The summed E-state index contributed by atoms with van der Waals surface area (Å²) in [7, 11) is 0. The maximum atomic E-state index is 5.63. The normalized spacial score (nSPS) is 11.1. The number of aryl methyl sites for hydroxylation is 2. The average molecular weight is 287 g/mol. The van der Waals surface area contributed by atoms with Crippen LogP contribution in [0.4, 0.5) is 0 Å². The van der Waals surface area contributed by atoms with Gasteiger partial charge in [-0.05, 0) is 51.0 Å². The lowest BCUT2D eigenvalue weighted by Gasteiger charge is -2.21. The van der Waals surface area contributed by atoms with Gasteiger partial charge >= 0.3 is 0 Å². The standard InChI is InChI=1S/C13H19BrO2/c1-5-15-13(16-6-2)12-9(3)7-11(14)8-10(12)4/h7-8,13H,5-6H2,1-4H3. The van der Waals surface area contributed by atoms with Gasteiger partial charge < -0.3 is 9.47 Å². The van der Waals surface area contributed by atoms with Crippen LogP contribution < -0.4 is 0 Å². The zero-order valence-electron chi connectivity index (χ0n) is 10.3. The molecule has 0 aliphatic carbocycles. The molecule has 0 unspecified atom stereocenters. The summed E-state index contributed by atoms with van der Waals surface area (Å²) < 4.78 is 12.4. The van der Waals surface area contributed by atoms with Crippen molar-refractivity contribution in [1.29, 1.82) is 0 Å². The molecule has 0 radical (unpaired) electrons. The van der Waals surface area contributed by atoms with Crippen LogP contribution in [0.15, 0.2) is 16.6 Å². The van der Waals surface area contributed by atoms with E-state index in [1.54, 1.807) is 0 Å². The molecule has 0 bridgehead atoms. The Morgan fingerprint density at radius 2 is 1.50 bits per heavy atom. The first-order chi connectivity index (χ1) is 7.60. The second-order valence-corrected chi connectivity index (χ2v) is 4.61. The second kappa shape index (κ2) is 6.38. The first-order valence-corrected chi connectivity index (χ1v) is 6.39. The van der Waals surface area contributed by atoms with Gasteiger partial charge in [0.25, 0.3) is 0 Å². The van der Waals surface area contributed by atoms with Crippen molar-refractivity contribution in [3.8, 4) is 0 Å². The van der Waals surface area contributed by atoms with Gasteiger partial charge in [-0.2, -0.15) is 0 Å². The van der Waals surface area contributed by atoms with Crippen molar-refractivity contribution in [2.24, 2.45) is 0 Å². The first kappa shape index (κ1) is 13.7. The Balaban J connectivity index is 3.07. The predicted octanol–water partition coefficient (Wildman–Crippen LogP) is 4.14. The van der Waals surface area contributed by atoms with Crippen LogP contribution in [0, 0.1) is 13.8 Å². The van der Waals surface area contributed by atoms with Crippen LogP contribution in [0.5, 0.6) is 0 Å². The van der Waals surface area contributed by atoms with E-state index in [0.717, 1.165) is 10.0 Å². The van der Waals surface area contributed by atoms with Crippen molar-refractivity contribution in [2.75, 3.05) is 13.2 Å². The third-order valence-electron chi connectivity index (χ3n) is 2.43. The molecular weight excluding hydrogens is 268 g/mol. The van der Waals surface area contributed by atoms with Gasteiger partial charge in [-0.3, -0.25) is 0 Å². The van der Waals surface area contributed by atoms with E-state index in [2.05, 4.69) is 41.9 Å². The fraction of sp³-hybridized carbons (Fsp3) is 0.538. The van der Waals surface area contributed by atoms with E-state index in [4.69, 9.17) is 9.47 Å². The van der Waals surface area contributed by atoms with Crippen LogP contribution in [0.2, 0.25) is 0 Å². The Bertz CT molecular complexity index is 321. The van der Waals surface area contributed by atoms with Gasteiger partial charge in [0, 0.05) is 23.2 Å². The summed E-state index contributed by atoms with van der Waals surface area (Å²) >= 11 is 3.49. The van der Waals surface area contributed by atoms with E-state index in [1.165, 1.54) is 11.1 Å². The van der Waals surface area contributed by atoms with E-state index >= 15 is 0 Å². The van der Waals surface area contributed by atoms with Crippen LogP contribution >= 0.6 is 15.9 Å². The van der Waals surface area contributed by atoms with Crippen molar-refractivity contribution in [1.82, 2.24) is 0 Å². The highest BCUT2D eigenvalue weighted by Gasteiger charge is 2.16. The van der Waals surface area contributed by atoms with E-state index in [1.807, 2.05) is 13.8 Å². The fourth-order valence-electron chi connectivity index (χ4n) is 1.81. The first-order valence-electron chi connectivity index (χ1n) is 5.60. The Hall–Kier alpha value is -0.380. The largest absolute Gasteiger partial charge is 0.349 e. The van der Waals surface area contributed by atoms with E-state index < -0.39 is 0 Å². The Kier molecular flexibility index (Phi) is 5.46. The SMILES string of the molecule is CCOC(OCC)c1c(C)cc(Br)cc1C. The molecule has 2 nitrogen and oxygen atoms in total. The molecule has 0 amide bonds. The molecule has 0 heterocycles. The maximum Gasteiger partial charge on any atom is 0.184 e. The third-order valence-corrected chi connectivity index (χ3v) is 2.89. The maximum absolute atomic E-state index is 5.63. The molecule has 0 atom stereocenters. The van der Waals surface area contributed by atoms with Crippen LogP contribution in [0.1, 0.15) is 36.8 Å². The molecule has 1 aromatic rings. The van der Waals surface area contributed by atoms with Gasteiger partial charge in [0.2, 0.25) is 0 Å². The highest BCUT2D eigenvalue weighted by atomic mass is 79.9. The molecule has 3 heteroatoms. The predicted molar refractivity (Wildman–Crippen MR) is 69.6 cm³/mol. The molecule has 0 aromatic heterocycles. The molecule has 0 spiro atoms. The van der Waals surface area contributed by atoms with Crippen molar-refractivity contribution in [3.05, 3.63) is 33.3 Å². The van der Waals surface area contributed by atoms with Gasteiger partial charge in [0.1, 0.15) is 0 Å². The molecule has 1 rings (SSSR count). The number of hydrogen-bond acceptors (Lipinski definition) is 2. The molecule has 16 heavy (non-hydrogen) atoms. The zero-order valence-corrected chi connectivity index (χ0v) is 11.9. The van der Waals surface area contributed by atoms with E-state index in [-0.39, 0.29) is 6.29 Å². The molecule has 0 aliphatic heterocycles. The quantitative estimate of drug-likeness (QED) is 0.758. The van der Waals surface area contributed by atoms with E-state index in [0.29, 0.717) is 13.2 Å². The van der Waals surface area contributed by atoms with Crippen LogP contribution in [0.3, 0.4) is 0 Å². The lowest BCUT2D eigenvalue weighted by molar-refractivity contribution is -0.140. The molecule has 0 N–H and O–H groups in total. The highest BCUT2D eigenvalue weighted by molar-refractivity contribution is 9.10. The van der Waals surface area contributed by atoms with Gasteiger partial charge in [0.05, 0.1) is 0 Å². The lowest BCUT2D eigenvalue weighted by atomic mass is 10.0. The minimum absolute atomic E-state index is 0.247. The Morgan fingerprint density at radius 1 is 1.06 bits per heavy atom. The molecule has 1 aromatic carbocycles. The summed E-state index contributed by atoms with van der Waals surface area (Å²) in [6, 6.07) is 4.18. The molecular formula is C13H19BrO2. The second-order valence-electron chi connectivity index (χ2n) is 3.70. The summed E-state index contributed by atoms with van der Waals surface area (Å²) in [6.07, 6.45) is -0.247. The number of halogens is 1. The zero-order chi connectivity index (χ0) is 12.1. The molecule has 0 aliphatic rings. The van der Waals surface area contributed by atoms with Gasteiger partial charge in [-0.1, -0.05) is 15.9 Å². The Morgan fingerprint density at radius 3 is 1.88 bits per heavy atom. The van der Waals surface area contributed by atoms with Crippen molar-refractivity contribution >= 4 is 15.9 Å². The summed E-state index contributed by atoms with van der Waals surface area (Å²) in [6.45, 7) is 9.43. The average Bonchev–Trinajstić information content (AvgIpc) is 2.16. The van der Waals surface area contributed by atoms with Crippen LogP contribution in [-0.4, -0.2) is 13.2 Å². The van der Waals surface area contributed by atoms with E-state index in [9.17, 15) is 0 Å². The van der Waals surface area contributed by atoms with Gasteiger partial charge in [-0.25, -0.2) is 0 Å². The smallest absolute Gasteiger partial charge is 0.184 e. The topological polar surface area (TPSA) is 18.5 Å². The summed E-state index contributed by atoms with van der Waals surface area (Å²) in [5.41, 5.74) is 3.53. The number of hydrogen-bond donors (Lipinski definition) is 0. The molecule has 0 saturated heterocycles. The fourth-order valence-corrected chi connectivity index (χ4v) is 2.50. The monoisotopic (exact) mass is 286 g/mol. The summed E-state index contributed by atoms with van der Waals surface area (Å²) in [4.78, 5) is 0. The highest BCUT2D eigenvalue weighted by Crippen LogP contribution is 2.29. The molecule has 0 saturated carbocycles. The molecule has 90 valence electrons. The third kappa shape index (κ3) is 3.30. The van der Waals surface area contributed by atoms with Crippen molar-refractivity contribution < 1.29 is 9.47 Å². The summed E-state index contributed by atoms with van der Waals surface area (Å²) in [5, 5.41) is 0. The Labute approximate surface area is 106 Å². The number of benzene rings is 1.